The monoisotopic (exact) mass is 305 g/mol. The number of aromatic nitrogens is 1. The normalized spacial score (nSPS) is 12.3. The second kappa shape index (κ2) is 7.84. The maximum absolute atomic E-state index is 12.3. The summed E-state index contributed by atoms with van der Waals surface area (Å²) in [5, 5.41) is 1.04. The van der Waals surface area contributed by atoms with E-state index in [4.69, 9.17) is 14.2 Å². The van der Waals surface area contributed by atoms with Crippen LogP contribution < -0.4 is 4.74 Å². The Morgan fingerprint density at radius 2 is 2.05 bits per heavy atom. The van der Waals surface area contributed by atoms with E-state index >= 15 is 0 Å². The SMILES string of the molecule is CCOCCOC(=O)C(CC)n1ccc2cc(OC)ccc21. The van der Waals surface area contributed by atoms with Crippen molar-refractivity contribution in [2.45, 2.75) is 26.3 Å². The van der Waals surface area contributed by atoms with Crippen molar-refractivity contribution in [3.05, 3.63) is 30.5 Å². The molecule has 1 unspecified atom stereocenters. The van der Waals surface area contributed by atoms with Crippen molar-refractivity contribution in [1.82, 2.24) is 4.57 Å². The fourth-order valence-electron chi connectivity index (χ4n) is 2.46. The molecule has 22 heavy (non-hydrogen) atoms. The zero-order valence-electron chi connectivity index (χ0n) is 13.4. The van der Waals surface area contributed by atoms with Gasteiger partial charge in [0.2, 0.25) is 0 Å². The first-order valence-electron chi connectivity index (χ1n) is 7.60. The number of carbonyl (C=O) groups is 1. The van der Waals surface area contributed by atoms with Gasteiger partial charge < -0.3 is 18.8 Å². The molecule has 0 N–H and O–H groups in total. The molecule has 0 amide bonds. The van der Waals surface area contributed by atoms with Crippen LogP contribution in [0, 0.1) is 0 Å². The highest BCUT2D eigenvalue weighted by Gasteiger charge is 2.21. The minimum absolute atomic E-state index is 0.226. The van der Waals surface area contributed by atoms with Crippen LogP contribution in [-0.2, 0) is 14.3 Å². The molecule has 2 aromatic rings. The van der Waals surface area contributed by atoms with E-state index < -0.39 is 0 Å². The standard InChI is InChI=1S/C17H23NO4/c1-4-15(17(19)22-11-10-21-5-2)18-9-8-13-12-14(20-3)6-7-16(13)18/h6-9,12,15H,4-5,10-11H2,1-3H3. The number of esters is 1. The largest absolute Gasteiger partial charge is 0.497 e. The zero-order chi connectivity index (χ0) is 15.9. The van der Waals surface area contributed by atoms with Gasteiger partial charge in [0.1, 0.15) is 18.4 Å². The van der Waals surface area contributed by atoms with Gasteiger partial charge in [-0.1, -0.05) is 6.92 Å². The lowest BCUT2D eigenvalue weighted by Crippen LogP contribution is -2.22. The third kappa shape index (κ3) is 3.60. The third-order valence-electron chi connectivity index (χ3n) is 3.60. The number of ether oxygens (including phenoxy) is 3. The molecule has 5 heteroatoms. The molecule has 0 aliphatic rings. The van der Waals surface area contributed by atoms with Gasteiger partial charge in [-0.05, 0) is 37.6 Å². The van der Waals surface area contributed by atoms with Crippen LogP contribution in [0.2, 0.25) is 0 Å². The average molecular weight is 305 g/mol. The van der Waals surface area contributed by atoms with Gasteiger partial charge in [0, 0.05) is 23.7 Å². The number of rotatable bonds is 8. The molecule has 0 radical (unpaired) electrons. The van der Waals surface area contributed by atoms with Crippen LogP contribution in [0.3, 0.4) is 0 Å². The predicted octanol–water partition coefficient (Wildman–Crippen LogP) is 3.18. The Bertz CT molecular complexity index is 620. The van der Waals surface area contributed by atoms with E-state index in [1.54, 1.807) is 7.11 Å². The molecule has 1 aromatic heterocycles. The molecular weight excluding hydrogens is 282 g/mol. The molecule has 0 fully saturated rings. The molecule has 120 valence electrons. The van der Waals surface area contributed by atoms with E-state index in [0.29, 0.717) is 19.6 Å². The van der Waals surface area contributed by atoms with Crippen LogP contribution in [0.25, 0.3) is 10.9 Å². The Morgan fingerprint density at radius 1 is 1.23 bits per heavy atom. The minimum atomic E-state index is -0.326. The van der Waals surface area contributed by atoms with E-state index in [2.05, 4.69) is 0 Å². The summed E-state index contributed by atoms with van der Waals surface area (Å²) < 4.78 is 17.7. The summed E-state index contributed by atoms with van der Waals surface area (Å²) in [5.41, 5.74) is 0.995. The first-order valence-corrected chi connectivity index (χ1v) is 7.60. The van der Waals surface area contributed by atoms with E-state index in [9.17, 15) is 4.79 Å². The fraction of sp³-hybridized carbons (Fsp3) is 0.471. The van der Waals surface area contributed by atoms with Gasteiger partial charge in [0.25, 0.3) is 0 Å². The molecule has 0 saturated heterocycles. The van der Waals surface area contributed by atoms with Gasteiger partial charge in [0.05, 0.1) is 13.7 Å². The molecule has 1 aromatic carbocycles. The molecule has 0 aliphatic heterocycles. The highest BCUT2D eigenvalue weighted by Crippen LogP contribution is 2.26. The molecule has 1 atom stereocenters. The maximum atomic E-state index is 12.3. The van der Waals surface area contributed by atoms with Crippen LogP contribution in [0.5, 0.6) is 5.75 Å². The van der Waals surface area contributed by atoms with Crippen LogP contribution in [0.4, 0.5) is 0 Å². The summed E-state index contributed by atoms with van der Waals surface area (Å²) in [6.07, 6.45) is 2.59. The molecule has 0 spiro atoms. The second-order valence-electron chi connectivity index (χ2n) is 4.94. The van der Waals surface area contributed by atoms with Crippen molar-refractivity contribution in [2.24, 2.45) is 0 Å². The topological polar surface area (TPSA) is 49.7 Å². The highest BCUT2D eigenvalue weighted by atomic mass is 16.6. The molecule has 0 bridgehead atoms. The fourth-order valence-corrected chi connectivity index (χ4v) is 2.46. The lowest BCUT2D eigenvalue weighted by atomic mass is 10.2. The van der Waals surface area contributed by atoms with Crippen molar-refractivity contribution in [2.75, 3.05) is 26.9 Å². The van der Waals surface area contributed by atoms with Crippen LogP contribution in [-0.4, -0.2) is 37.5 Å². The summed E-state index contributed by atoms with van der Waals surface area (Å²) in [6, 6.07) is 7.47. The van der Waals surface area contributed by atoms with E-state index in [-0.39, 0.29) is 18.6 Å². The number of carbonyl (C=O) groups excluding carboxylic acids is 1. The summed E-state index contributed by atoms with van der Waals surface area (Å²) in [5.74, 6) is 0.577. The Balaban J connectivity index is 2.15. The minimum Gasteiger partial charge on any atom is -0.497 e. The Labute approximate surface area is 130 Å². The Hall–Kier alpha value is -2.01. The number of methoxy groups -OCH3 is 1. The van der Waals surface area contributed by atoms with Crippen molar-refractivity contribution in [3.8, 4) is 5.75 Å². The van der Waals surface area contributed by atoms with Gasteiger partial charge in [-0.2, -0.15) is 0 Å². The number of nitrogens with zero attached hydrogens (tertiary/aromatic N) is 1. The number of hydrogen-bond donors (Lipinski definition) is 0. The summed E-state index contributed by atoms with van der Waals surface area (Å²) >= 11 is 0. The van der Waals surface area contributed by atoms with Gasteiger partial charge in [-0.3, -0.25) is 0 Å². The van der Waals surface area contributed by atoms with Gasteiger partial charge in [-0.25, -0.2) is 4.79 Å². The molecule has 5 nitrogen and oxygen atoms in total. The van der Waals surface area contributed by atoms with Crippen LogP contribution >= 0.6 is 0 Å². The van der Waals surface area contributed by atoms with Crippen LogP contribution in [0.1, 0.15) is 26.3 Å². The summed E-state index contributed by atoms with van der Waals surface area (Å²) in [7, 11) is 1.64. The molecule has 2 rings (SSSR count). The summed E-state index contributed by atoms with van der Waals surface area (Å²) in [6.45, 7) is 5.23. The third-order valence-corrected chi connectivity index (χ3v) is 3.60. The summed E-state index contributed by atoms with van der Waals surface area (Å²) in [4.78, 5) is 12.3. The van der Waals surface area contributed by atoms with Gasteiger partial charge >= 0.3 is 5.97 Å². The zero-order valence-corrected chi connectivity index (χ0v) is 13.4. The van der Waals surface area contributed by atoms with Crippen molar-refractivity contribution >= 4 is 16.9 Å². The predicted molar refractivity (Wildman–Crippen MR) is 85.3 cm³/mol. The van der Waals surface area contributed by atoms with E-state index in [1.807, 2.05) is 48.9 Å². The molecule has 1 heterocycles. The first kappa shape index (κ1) is 16.4. The van der Waals surface area contributed by atoms with Crippen molar-refractivity contribution in [1.29, 1.82) is 0 Å². The van der Waals surface area contributed by atoms with Crippen molar-refractivity contribution in [3.63, 3.8) is 0 Å². The lowest BCUT2D eigenvalue weighted by Gasteiger charge is -2.17. The Morgan fingerprint density at radius 3 is 2.73 bits per heavy atom. The smallest absolute Gasteiger partial charge is 0.329 e. The quantitative estimate of drug-likeness (QED) is 0.555. The number of hydrogen-bond acceptors (Lipinski definition) is 4. The maximum Gasteiger partial charge on any atom is 0.329 e. The first-order chi connectivity index (χ1) is 10.7. The number of fused-ring (bicyclic) bond motifs is 1. The van der Waals surface area contributed by atoms with Crippen molar-refractivity contribution < 1.29 is 19.0 Å². The average Bonchev–Trinajstić information content (AvgIpc) is 2.95. The molecule has 0 aliphatic carbocycles. The second-order valence-corrected chi connectivity index (χ2v) is 4.94. The molecular formula is C17H23NO4. The number of benzene rings is 1. The van der Waals surface area contributed by atoms with Crippen LogP contribution in [0.15, 0.2) is 30.5 Å². The van der Waals surface area contributed by atoms with Gasteiger partial charge in [0.15, 0.2) is 0 Å². The molecule has 0 saturated carbocycles. The lowest BCUT2D eigenvalue weighted by molar-refractivity contribution is -0.149. The highest BCUT2D eigenvalue weighted by molar-refractivity contribution is 5.84. The van der Waals surface area contributed by atoms with E-state index in [1.165, 1.54) is 0 Å². The van der Waals surface area contributed by atoms with E-state index in [0.717, 1.165) is 16.7 Å². The van der Waals surface area contributed by atoms with Gasteiger partial charge in [-0.15, -0.1) is 0 Å². The Kier molecular flexibility index (Phi) is 5.83.